The van der Waals surface area contributed by atoms with Gasteiger partial charge in [-0.05, 0) is 61.9 Å². The van der Waals surface area contributed by atoms with Gasteiger partial charge in [-0.25, -0.2) is 0 Å². The first-order valence-corrected chi connectivity index (χ1v) is 18.0. The zero-order chi connectivity index (χ0) is 37.4. The molecule has 1 aromatic heterocycles. The molecule has 276 valence electrons. The number of carbonyl (C=O) groups excluding carboxylic acids is 4. The molecule has 3 aromatic carbocycles. The van der Waals surface area contributed by atoms with Crippen molar-refractivity contribution < 1.29 is 28.7 Å². The van der Waals surface area contributed by atoms with Gasteiger partial charge in [0.05, 0.1) is 31.2 Å². The largest absolute Gasteiger partial charge is 0.493 e. The van der Waals surface area contributed by atoms with Crippen molar-refractivity contribution in [1.29, 1.82) is 0 Å². The van der Waals surface area contributed by atoms with Crippen LogP contribution >= 0.6 is 0 Å². The zero-order valence-corrected chi connectivity index (χ0v) is 31.1. The van der Waals surface area contributed by atoms with Crippen molar-refractivity contribution in [1.82, 2.24) is 25.0 Å². The molecule has 0 spiro atoms. The molecule has 11 heteroatoms. The predicted molar refractivity (Wildman–Crippen MR) is 201 cm³/mol. The van der Waals surface area contributed by atoms with Crippen molar-refractivity contribution in [3.05, 3.63) is 95.7 Å². The van der Waals surface area contributed by atoms with E-state index in [1.54, 1.807) is 28.0 Å². The number of nitrogens with zero attached hydrogens (tertiary/aromatic N) is 3. The third-order valence-corrected chi connectivity index (χ3v) is 9.78. The summed E-state index contributed by atoms with van der Waals surface area (Å²) in [6.45, 7) is 7.25. The Morgan fingerprint density at radius 1 is 0.865 bits per heavy atom. The number of likely N-dealkylation sites (N-methyl/N-ethyl adjacent to an activating group) is 1. The van der Waals surface area contributed by atoms with Crippen molar-refractivity contribution in [2.75, 3.05) is 46.9 Å². The number of ether oxygens (including phenoxy) is 2. The van der Waals surface area contributed by atoms with Crippen molar-refractivity contribution >= 4 is 34.5 Å². The summed E-state index contributed by atoms with van der Waals surface area (Å²) in [7, 11) is 4.94. The first kappa shape index (κ1) is 37.9. The Labute approximate surface area is 306 Å². The molecule has 2 N–H and O–H groups in total. The fourth-order valence-corrected chi connectivity index (χ4v) is 7.22. The fraction of sp³-hybridized carbons (Fsp3) is 0.415. The lowest BCUT2D eigenvalue weighted by Gasteiger charge is -2.39. The average molecular weight is 710 g/mol. The molecule has 3 atom stereocenters. The van der Waals surface area contributed by atoms with E-state index < -0.39 is 5.92 Å². The summed E-state index contributed by atoms with van der Waals surface area (Å²) >= 11 is 0. The second-order valence-electron chi connectivity index (χ2n) is 13.8. The standard InChI is InChI=1S/C32H39N5O6.C9H12/c1-19(2)43-27-11-10-20(12-28(27)42-5)31(40)36-14-21-15-37(18-24(23(21)17-36)30(39)34-13-29(38)33-3)32(41)25-16-35(4)26-9-7-6-8-22(25)26;1-2-6-9-7-4-3-5-8-9/h6-12,16,19,21,23-24H,13-15,17-18H2,1-5H3,(H,33,38)(H,34,39);3-5,7-8H,2,6H2,1H3. The minimum absolute atomic E-state index is 0.0526. The first-order valence-electron chi connectivity index (χ1n) is 18.0. The summed E-state index contributed by atoms with van der Waals surface area (Å²) in [5.41, 5.74) is 3.41. The van der Waals surface area contributed by atoms with Gasteiger partial charge in [-0.1, -0.05) is 61.9 Å². The number of benzene rings is 3. The van der Waals surface area contributed by atoms with E-state index in [2.05, 4.69) is 47.9 Å². The van der Waals surface area contributed by atoms with Gasteiger partial charge >= 0.3 is 0 Å². The Hall–Kier alpha value is -5.32. The van der Waals surface area contributed by atoms with E-state index >= 15 is 0 Å². The van der Waals surface area contributed by atoms with Crippen molar-refractivity contribution in [2.45, 2.75) is 39.7 Å². The molecule has 11 nitrogen and oxygen atoms in total. The van der Waals surface area contributed by atoms with Crippen LogP contribution in [0.2, 0.25) is 0 Å². The number of methoxy groups -OCH3 is 1. The third-order valence-electron chi connectivity index (χ3n) is 9.78. The molecular formula is C41H51N5O6. The Balaban J connectivity index is 0.000000507. The van der Waals surface area contributed by atoms with E-state index in [-0.39, 0.29) is 54.7 Å². The summed E-state index contributed by atoms with van der Waals surface area (Å²) in [6, 6.07) is 23.4. The highest BCUT2D eigenvalue weighted by Gasteiger charge is 2.48. The average Bonchev–Trinajstić information content (AvgIpc) is 3.74. The van der Waals surface area contributed by atoms with Crippen LogP contribution in [0, 0.1) is 17.8 Å². The molecule has 2 aliphatic heterocycles. The lowest BCUT2D eigenvalue weighted by Crippen LogP contribution is -2.53. The first-order chi connectivity index (χ1) is 25.0. The quantitative estimate of drug-likeness (QED) is 0.241. The molecule has 0 saturated carbocycles. The van der Waals surface area contributed by atoms with Crippen LogP contribution in [0.25, 0.3) is 10.9 Å². The number of rotatable bonds is 10. The van der Waals surface area contributed by atoms with Gasteiger partial charge < -0.3 is 34.5 Å². The molecule has 6 rings (SSSR count). The van der Waals surface area contributed by atoms with Crippen molar-refractivity contribution in [2.24, 2.45) is 24.8 Å². The second kappa shape index (κ2) is 17.3. The fourth-order valence-electron chi connectivity index (χ4n) is 7.22. The van der Waals surface area contributed by atoms with E-state index in [0.29, 0.717) is 42.3 Å². The van der Waals surface area contributed by atoms with Crippen molar-refractivity contribution in [3.8, 4) is 11.5 Å². The van der Waals surface area contributed by atoms with E-state index in [0.717, 1.165) is 10.9 Å². The molecule has 0 radical (unpaired) electrons. The molecule has 2 aliphatic rings. The van der Waals surface area contributed by atoms with Gasteiger partial charge in [0.2, 0.25) is 11.8 Å². The summed E-state index contributed by atoms with van der Waals surface area (Å²) in [5, 5.41) is 6.09. The number of amides is 4. The number of likely N-dealkylation sites (tertiary alicyclic amines) is 2. The van der Waals surface area contributed by atoms with Crippen LogP contribution < -0.4 is 20.1 Å². The molecule has 3 heterocycles. The van der Waals surface area contributed by atoms with Gasteiger partial charge in [0.15, 0.2) is 11.5 Å². The molecule has 3 unspecified atom stereocenters. The summed E-state index contributed by atoms with van der Waals surface area (Å²) in [4.78, 5) is 56.4. The number of hydrogen-bond donors (Lipinski definition) is 2. The molecule has 2 fully saturated rings. The predicted octanol–water partition coefficient (Wildman–Crippen LogP) is 4.94. The monoisotopic (exact) mass is 709 g/mol. The Morgan fingerprint density at radius 2 is 1.56 bits per heavy atom. The molecule has 52 heavy (non-hydrogen) atoms. The van der Waals surface area contributed by atoms with Gasteiger partial charge in [-0.3, -0.25) is 19.2 Å². The highest BCUT2D eigenvalue weighted by Crippen LogP contribution is 2.38. The Kier molecular flexibility index (Phi) is 12.6. The van der Waals surface area contributed by atoms with Gasteiger partial charge in [-0.15, -0.1) is 0 Å². The molecule has 4 aromatic rings. The number of carbonyl (C=O) groups is 4. The second-order valence-corrected chi connectivity index (χ2v) is 13.8. The molecule has 4 amide bonds. The molecule has 2 saturated heterocycles. The maximum absolute atomic E-state index is 13.9. The maximum atomic E-state index is 13.9. The van der Waals surface area contributed by atoms with Gasteiger partial charge in [0, 0.05) is 62.9 Å². The van der Waals surface area contributed by atoms with E-state index in [9.17, 15) is 19.2 Å². The minimum atomic E-state index is -0.587. The number of piperidine rings is 1. The summed E-state index contributed by atoms with van der Waals surface area (Å²) in [6.07, 6.45) is 4.22. The van der Waals surface area contributed by atoms with Crippen LogP contribution in [0.15, 0.2) is 79.0 Å². The summed E-state index contributed by atoms with van der Waals surface area (Å²) < 4.78 is 13.2. The summed E-state index contributed by atoms with van der Waals surface area (Å²) in [5.74, 6) is -0.805. The van der Waals surface area contributed by atoms with Gasteiger partial charge in [0.25, 0.3) is 11.8 Å². The maximum Gasteiger partial charge on any atom is 0.256 e. The molecular weight excluding hydrogens is 658 g/mol. The van der Waals surface area contributed by atoms with Crippen molar-refractivity contribution in [3.63, 3.8) is 0 Å². The van der Waals surface area contributed by atoms with Crippen LogP contribution in [0.3, 0.4) is 0 Å². The normalized spacial score (nSPS) is 17.9. The van der Waals surface area contributed by atoms with Crippen LogP contribution in [0.1, 0.15) is 53.5 Å². The van der Waals surface area contributed by atoms with E-state index in [4.69, 9.17) is 9.47 Å². The van der Waals surface area contributed by atoms with Gasteiger partial charge in [0.1, 0.15) is 0 Å². The Bertz CT molecular complexity index is 1870. The zero-order valence-electron chi connectivity index (χ0n) is 31.1. The molecule has 0 bridgehead atoms. The van der Waals surface area contributed by atoms with Crippen LogP contribution in [0.5, 0.6) is 11.5 Å². The number of nitrogens with one attached hydrogen (secondary N) is 2. The van der Waals surface area contributed by atoms with E-state index in [1.165, 1.54) is 32.6 Å². The number of aromatic nitrogens is 1. The third kappa shape index (κ3) is 8.75. The van der Waals surface area contributed by atoms with Crippen LogP contribution in [0.4, 0.5) is 0 Å². The number of fused-ring (bicyclic) bond motifs is 2. The number of aryl methyl sites for hydroxylation is 2. The van der Waals surface area contributed by atoms with Crippen LogP contribution in [-0.2, 0) is 23.1 Å². The number of hydrogen-bond acceptors (Lipinski definition) is 6. The SMILES string of the molecule is CCCc1ccccc1.CNC(=O)CNC(=O)C1CN(C(=O)c2cn(C)c3ccccc23)CC2CN(C(=O)c3ccc(OC(C)C)c(OC)c3)CC21. The van der Waals surface area contributed by atoms with E-state index in [1.807, 2.05) is 55.9 Å². The van der Waals surface area contributed by atoms with Gasteiger partial charge in [-0.2, -0.15) is 0 Å². The highest BCUT2D eigenvalue weighted by atomic mass is 16.5. The topological polar surface area (TPSA) is 122 Å². The number of para-hydroxylation sites is 1. The smallest absolute Gasteiger partial charge is 0.256 e. The lowest BCUT2D eigenvalue weighted by molar-refractivity contribution is -0.131. The highest BCUT2D eigenvalue weighted by molar-refractivity contribution is 6.07. The molecule has 0 aliphatic carbocycles. The Morgan fingerprint density at radius 3 is 2.23 bits per heavy atom. The van der Waals surface area contributed by atoms with Crippen LogP contribution in [-0.4, -0.2) is 91.0 Å². The minimum Gasteiger partial charge on any atom is -0.493 e. The lowest BCUT2D eigenvalue weighted by atomic mass is 9.79.